The molecule has 3 rings (SSSR count). The third-order valence-corrected chi connectivity index (χ3v) is 6.33. The van der Waals surface area contributed by atoms with Crippen molar-refractivity contribution in [3.8, 4) is 0 Å². The summed E-state index contributed by atoms with van der Waals surface area (Å²) in [5.74, 6) is 0.837. The summed E-state index contributed by atoms with van der Waals surface area (Å²) in [4.78, 5) is 31.4. The minimum atomic E-state index is 0.191. The van der Waals surface area contributed by atoms with Gasteiger partial charge < -0.3 is 14.7 Å². The van der Waals surface area contributed by atoms with Crippen LogP contribution >= 0.6 is 0 Å². The van der Waals surface area contributed by atoms with Gasteiger partial charge in [-0.1, -0.05) is 6.08 Å². The molecule has 3 saturated heterocycles. The maximum Gasteiger partial charge on any atom is 0.249 e. The molecular weight excluding hydrogens is 314 g/mol. The number of allylic oxidation sites excluding steroid dienone is 1. The number of carbonyl (C=O) groups is 2. The highest BCUT2D eigenvalue weighted by Gasteiger charge is 2.33. The van der Waals surface area contributed by atoms with Crippen molar-refractivity contribution in [3.63, 3.8) is 0 Å². The lowest BCUT2D eigenvalue weighted by Crippen LogP contribution is -2.50. The van der Waals surface area contributed by atoms with Gasteiger partial charge in [-0.15, -0.1) is 0 Å². The second-order valence-corrected chi connectivity index (χ2v) is 7.84. The topological polar surface area (TPSA) is 43.9 Å². The Labute approximate surface area is 152 Å². The SMILES string of the molecule is C/C=C(\C)C(=O)N1CCC(N2CCC(C(=O)N3CCCC3)CC2)CC1. The molecule has 0 bridgehead atoms. The van der Waals surface area contributed by atoms with Crippen LogP contribution in [0.1, 0.15) is 52.4 Å². The van der Waals surface area contributed by atoms with Gasteiger partial charge in [0.15, 0.2) is 0 Å². The fraction of sp³-hybridized carbons (Fsp3) is 0.800. The van der Waals surface area contributed by atoms with Crippen molar-refractivity contribution in [2.24, 2.45) is 5.92 Å². The van der Waals surface area contributed by atoms with Gasteiger partial charge in [-0.2, -0.15) is 0 Å². The summed E-state index contributed by atoms with van der Waals surface area (Å²) in [6, 6.07) is 0.581. The van der Waals surface area contributed by atoms with Crippen LogP contribution in [0.15, 0.2) is 11.6 Å². The van der Waals surface area contributed by atoms with E-state index in [1.807, 2.05) is 24.8 Å². The lowest BCUT2D eigenvalue weighted by molar-refractivity contribution is -0.136. The van der Waals surface area contributed by atoms with Crippen LogP contribution in [0.5, 0.6) is 0 Å². The number of nitrogens with zero attached hydrogens (tertiary/aromatic N) is 3. The van der Waals surface area contributed by atoms with Crippen LogP contribution < -0.4 is 0 Å². The summed E-state index contributed by atoms with van der Waals surface area (Å²) in [6.07, 6.45) is 8.39. The highest BCUT2D eigenvalue weighted by molar-refractivity contribution is 5.92. The monoisotopic (exact) mass is 347 g/mol. The third-order valence-electron chi connectivity index (χ3n) is 6.33. The van der Waals surface area contributed by atoms with Gasteiger partial charge in [-0.3, -0.25) is 9.59 Å². The van der Waals surface area contributed by atoms with Crippen LogP contribution in [-0.2, 0) is 9.59 Å². The molecule has 0 atom stereocenters. The zero-order valence-corrected chi connectivity index (χ0v) is 15.9. The van der Waals surface area contributed by atoms with Crippen LogP contribution in [0, 0.1) is 5.92 Å². The lowest BCUT2D eigenvalue weighted by atomic mass is 9.92. The summed E-state index contributed by atoms with van der Waals surface area (Å²) < 4.78 is 0. The number of hydrogen-bond donors (Lipinski definition) is 0. The molecule has 25 heavy (non-hydrogen) atoms. The Morgan fingerprint density at radius 1 is 0.840 bits per heavy atom. The van der Waals surface area contributed by atoms with Crippen molar-refractivity contribution in [1.82, 2.24) is 14.7 Å². The summed E-state index contributed by atoms with van der Waals surface area (Å²) >= 11 is 0. The number of likely N-dealkylation sites (tertiary alicyclic amines) is 3. The first-order valence-electron chi connectivity index (χ1n) is 10.0. The van der Waals surface area contributed by atoms with Crippen molar-refractivity contribution in [3.05, 3.63) is 11.6 Å². The first-order chi connectivity index (χ1) is 12.1. The van der Waals surface area contributed by atoms with Gasteiger partial charge in [-0.05, 0) is 65.5 Å². The predicted molar refractivity (Wildman–Crippen MR) is 99.1 cm³/mol. The number of amides is 2. The second kappa shape index (κ2) is 8.35. The molecule has 3 heterocycles. The van der Waals surface area contributed by atoms with Gasteiger partial charge in [0.2, 0.25) is 11.8 Å². The summed E-state index contributed by atoms with van der Waals surface area (Å²) in [5.41, 5.74) is 0.847. The largest absolute Gasteiger partial charge is 0.342 e. The van der Waals surface area contributed by atoms with Crippen LogP contribution in [0.25, 0.3) is 0 Å². The molecule has 0 spiro atoms. The Balaban J connectivity index is 1.43. The second-order valence-electron chi connectivity index (χ2n) is 7.84. The number of rotatable bonds is 3. The maximum absolute atomic E-state index is 12.6. The van der Waals surface area contributed by atoms with E-state index in [4.69, 9.17) is 0 Å². The first kappa shape index (κ1) is 18.4. The minimum absolute atomic E-state index is 0.191. The highest BCUT2D eigenvalue weighted by atomic mass is 16.2. The fourth-order valence-electron chi connectivity index (χ4n) is 4.51. The molecule has 3 aliphatic rings. The molecule has 0 saturated carbocycles. The Hall–Kier alpha value is -1.36. The van der Waals surface area contributed by atoms with E-state index in [1.54, 1.807) is 0 Å². The first-order valence-corrected chi connectivity index (χ1v) is 10.0. The van der Waals surface area contributed by atoms with Gasteiger partial charge >= 0.3 is 0 Å². The lowest BCUT2D eigenvalue weighted by Gasteiger charge is -2.42. The van der Waals surface area contributed by atoms with E-state index < -0.39 is 0 Å². The van der Waals surface area contributed by atoms with E-state index in [2.05, 4.69) is 9.80 Å². The van der Waals surface area contributed by atoms with Crippen LogP contribution in [0.2, 0.25) is 0 Å². The number of carbonyl (C=O) groups excluding carboxylic acids is 2. The zero-order chi connectivity index (χ0) is 17.8. The standard InChI is InChI=1S/C20H33N3O2/c1-3-16(2)19(24)23-14-8-18(9-15-23)21-12-6-17(7-13-21)20(25)22-10-4-5-11-22/h3,17-18H,4-15H2,1-2H3/b16-3+. The molecule has 5 nitrogen and oxygen atoms in total. The van der Waals surface area contributed by atoms with Crippen LogP contribution in [0.4, 0.5) is 0 Å². The number of hydrogen-bond acceptors (Lipinski definition) is 3. The van der Waals surface area contributed by atoms with Gasteiger partial charge in [0.05, 0.1) is 0 Å². The van der Waals surface area contributed by atoms with E-state index >= 15 is 0 Å². The summed E-state index contributed by atoms with van der Waals surface area (Å²) in [6.45, 7) is 9.56. The van der Waals surface area contributed by atoms with E-state index in [9.17, 15) is 9.59 Å². The van der Waals surface area contributed by atoms with Crippen molar-refractivity contribution in [2.75, 3.05) is 39.3 Å². The summed E-state index contributed by atoms with van der Waals surface area (Å²) in [7, 11) is 0. The number of piperidine rings is 2. The molecule has 0 N–H and O–H groups in total. The van der Waals surface area contributed by atoms with E-state index in [-0.39, 0.29) is 11.8 Å². The van der Waals surface area contributed by atoms with Crippen LogP contribution in [0.3, 0.4) is 0 Å². The molecule has 0 aromatic rings. The van der Waals surface area contributed by atoms with Crippen molar-refractivity contribution in [1.29, 1.82) is 0 Å². The molecule has 0 aromatic heterocycles. The summed E-state index contributed by atoms with van der Waals surface area (Å²) in [5, 5.41) is 0. The predicted octanol–water partition coefficient (Wildman–Crippen LogP) is 2.28. The minimum Gasteiger partial charge on any atom is -0.342 e. The Kier molecular flexibility index (Phi) is 6.15. The van der Waals surface area contributed by atoms with Gasteiger partial charge in [-0.25, -0.2) is 0 Å². The molecule has 140 valence electrons. The van der Waals surface area contributed by atoms with Crippen molar-refractivity contribution >= 4 is 11.8 Å². The Morgan fingerprint density at radius 2 is 1.44 bits per heavy atom. The van der Waals surface area contributed by atoms with E-state index in [0.717, 1.165) is 70.5 Å². The van der Waals surface area contributed by atoms with Gasteiger partial charge in [0, 0.05) is 43.7 Å². The fourth-order valence-corrected chi connectivity index (χ4v) is 4.51. The molecule has 0 aliphatic carbocycles. The molecule has 0 aromatic carbocycles. The molecule has 0 radical (unpaired) electrons. The smallest absolute Gasteiger partial charge is 0.249 e. The molecule has 5 heteroatoms. The van der Waals surface area contributed by atoms with Gasteiger partial charge in [0.25, 0.3) is 0 Å². The maximum atomic E-state index is 12.6. The normalized spacial score (nSPS) is 24.8. The highest BCUT2D eigenvalue weighted by Crippen LogP contribution is 2.26. The zero-order valence-electron chi connectivity index (χ0n) is 15.9. The van der Waals surface area contributed by atoms with Gasteiger partial charge in [0.1, 0.15) is 0 Å². The molecular formula is C20H33N3O2. The Morgan fingerprint density at radius 3 is 2.00 bits per heavy atom. The molecule has 3 fully saturated rings. The molecule has 2 amide bonds. The van der Waals surface area contributed by atoms with Crippen molar-refractivity contribution < 1.29 is 9.59 Å². The Bertz CT molecular complexity index is 509. The average molecular weight is 348 g/mol. The molecule has 0 unspecified atom stereocenters. The molecule has 3 aliphatic heterocycles. The van der Waals surface area contributed by atoms with E-state index in [0.29, 0.717) is 11.9 Å². The quantitative estimate of drug-likeness (QED) is 0.736. The average Bonchev–Trinajstić information content (AvgIpc) is 3.21. The van der Waals surface area contributed by atoms with Crippen LogP contribution in [-0.4, -0.2) is 71.8 Å². The van der Waals surface area contributed by atoms with Crippen molar-refractivity contribution in [2.45, 2.75) is 58.4 Å². The third kappa shape index (κ3) is 4.25. The van der Waals surface area contributed by atoms with E-state index in [1.165, 1.54) is 12.8 Å².